The van der Waals surface area contributed by atoms with Crippen LogP contribution in [-0.2, 0) is 19.6 Å². The van der Waals surface area contributed by atoms with Crippen molar-refractivity contribution in [1.82, 2.24) is 0 Å². The first-order valence-electron chi connectivity index (χ1n) is 8.65. The van der Waals surface area contributed by atoms with Crippen LogP contribution in [0.15, 0.2) is 64.2 Å². The second kappa shape index (κ2) is 9.29. The minimum Gasteiger partial charge on any atom is -0.507 e. The number of ether oxygens (including phenoxy) is 1. The zero-order valence-electron chi connectivity index (χ0n) is 15.7. The highest BCUT2D eigenvalue weighted by molar-refractivity contribution is 7.94. The predicted octanol–water partition coefficient (Wildman–Crippen LogP) is 2.92. The summed E-state index contributed by atoms with van der Waals surface area (Å²) in [5, 5.41) is 23.0. The molecule has 0 aliphatic rings. The fraction of sp³-hybridized carbons (Fsp3) is 0.0500. The molecule has 0 unspecified atom stereocenters. The van der Waals surface area contributed by atoms with E-state index in [4.69, 9.17) is 10.00 Å². The lowest BCUT2D eigenvalue weighted by atomic mass is 10.2. The molecule has 11 heteroatoms. The molecule has 158 valence electrons. The molecule has 31 heavy (non-hydrogen) atoms. The number of thiophene rings is 1. The summed E-state index contributed by atoms with van der Waals surface area (Å²) < 4.78 is 31.9. The van der Waals surface area contributed by atoms with Crippen molar-refractivity contribution in [3.05, 3.63) is 71.1 Å². The number of hydrogen-bond donors (Lipinski definition) is 3. The first-order chi connectivity index (χ1) is 14.8. The van der Waals surface area contributed by atoms with Crippen molar-refractivity contribution in [2.75, 3.05) is 16.6 Å². The standard InChI is InChI=1S/C20H15N3O6S2/c21-11-13-4-1-2-5-16(13)22-18(25)12-29-20(26)15-10-14(7-8-17(15)24)23-31(27,28)19-6-3-9-30-19/h1-10,23-24H,12H2,(H,22,25). The van der Waals surface area contributed by atoms with Crippen LogP contribution in [0.25, 0.3) is 0 Å². The number of hydrogen-bond acceptors (Lipinski definition) is 8. The Hall–Kier alpha value is -3.88. The molecule has 0 radical (unpaired) electrons. The molecule has 1 heterocycles. The Morgan fingerprint density at radius 2 is 1.90 bits per heavy atom. The van der Waals surface area contributed by atoms with Gasteiger partial charge in [-0.15, -0.1) is 11.3 Å². The maximum absolute atomic E-state index is 12.3. The van der Waals surface area contributed by atoms with E-state index in [-0.39, 0.29) is 26.7 Å². The van der Waals surface area contributed by atoms with Gasteiger partial charge in [0.1, 0.15) is 21.6 Å². The lowest BCUT2D eigenvalue weighted by Crippen LogP contribution is -2.21. The zero-order valence-corrected chi connectivity index (χ0v) is 17.4. The van der Waals surface area contributed by atoms with Crippen molar-refractivity contribution in [3.63, 3.8) is 0 Å². The Kier molecular flexibility index (Phi) is 6.54. The van der Waals surface area contributed by atoms with Crippen LogP contribution in [0.1, 0.15) is 15.9 Å². The molecule has 2 aromatic carbocycles. The van der Waals surface area contributed by atoms with E-state index in [9.17, 15) is 23.1 Å². The molecular formula is C20H15N3O6S2. The Balaban J connectivity index is 1.67. The molecule has 0 saturated heterocycles. The summed E-state index contributed by atoms with van der Waals surface area (Å²) in [6.07, 6.45) is 0. The van der Waals surface area contributed by atoms with E-state index >= 15 is 0 Å². The van der Waals surface area contributed by atoms with Crippen molar-refractivity contribution in [2.24, 2.45) is 0 Å². The van der Waals surface area contributed by atoms with Crippen LogP contribution in [-0.4, -0.2) is 32.0 Å². The average Bonchev–Trinajstić information content (AvgIpc) is 3.30. The molecule has 0 atom stereocenters. The van der Waals surface area contributed by atoms with Gasteiger partial charge < -0.3 is 15.2 Å². The van der Waals surface area contributed by atoms with Gasteiger partial charge in [-0.2, -0.15) is 5.26 Å². The number of phenolic OH excluding ortho intramolecular Hbond substituents is 1. The van der Waals surface area contributed by atoms with Gasteiger partial charge in [-0.25, -0.2) is 13.2 Å². The largest absolute Gasteiger partial charge is 0.507 e. The van der Waals surface area contributed by atoms with Gasteiger partial charge in [-0.1, -0.05) is 18.2 Å². The maximum atomic E-state index is 12.3. The molecule has 0 spiro atoms. The molecule has 3 N–H and O–H groups in total. The zero-order chi connectivity index (χ0) is 22.4. The van der Waals surface area contributed by atoms with Crippen molar-refractivity contribution in [1.29, 1.82) is 5.26 Å². The van der Waals surface area contributed by atoms with Crippen LogP contribution < -0.4 is 10.0 Å². The molecular weight excluding hydrogens is 442 g/mol. The third-order valence-corrected chi connectivity index (χ3v) is 6.66. The van der Waals surface area contributed by atoms with Gasteiger partial charge in [0, 0.05) is 5.69 Å². The number of para-hydroxylation sites is 1. The van der Waals surface area contributed by atoms with Gasteiger partial charge in [-0.05, 0) is 41.8 Å². The number of sulfonamides is 1. The van der Waals surface area contributed by atoms with Gasteiger partial charge in [-0.3, -0.25) is 9.52 Å². The number of carbonyl (C=O) groups is 2. The topological polar surface area (TPSA) is 146 Å². The predicted molar refractivity (Wildman–Crippen MR) is 113 cm³/mol. The quantitative estimate of drug-likeness (QED) is 0.365. The summed E-state index contributed by atoms with van der Waals surface area (Å²) in [4.78, 5) is 24.3. The third kappa shape index (κ3) is 5.39. The van der Waals surface area contributed by atoms with E-state index in [1.807, 2.05) is 6.07 Å². The number of rotatable bonds is 7. The second-order valence-electron chi connectivity index (χ2n) is 6.05. The lowest BCUT2D eigenvalue weighted by molar-refractivity contribution is -0.119. The van der Waals surface area contributed by atoms with Crippen molar-refractivity contribution in [3.8, 4) is 11.8 Å². The minimum absolute atomic E-state index is 0.0329. The molecule has 1 amide bonds. The Morgan fingerprint density at radius 1 is 1.13 bits per heavy atom. The average molecular weight is 457 g/mol. The number of anilines is 2. The smallest absolute Gasteiger partial charge is 0.342 e. The van der Waals surface area contributed by atoms with Crippen LogP contribution in [0.5, 0.6) is 5.75 Å². The molecule has 0 saturated carbocycles. The van der Waals surface area contributed by atoms with E-state index in [0.717, 1.165) is 23.5 Å². The Bertz CT molecular complexity index is 1260. The number of amides is 1. The molecule has 0 aliphatic carbocycles. The van der Waals surface area contributed by atoms with Crippen LogP contribution in [0.2, 0.25) is 0 Å². The number of nitrogens with one attached hydrogen (secondary N) is 2. The normalized spacial score (nSPS) is 10.7. The first-order valence-corrected chi connectivity index (χ1v) is 11.0. The molecule has 9 nitrogen and oxygen atoms in total. The van der Waals surface area contributed by atoms with E-state index in [1.165, 1.54) is 24.3 Å². The number of carbonyl (C=O) groups excluding carboxylic acids is 2. The third-order valence-electron chi connectivity index (χ3n) is 3.88. The highest BCUT2D eigenvalue weighted by atomic mass is 32.2. The van der Waals surface area contributed by atoms with Crippen LogP contribution >= 0.6 is 11.3 Å². The number of nitriles is 1. The molecule has 0 bridgehead atoms. The second-order valence-corrected chi connectivity index (χ2v) is 8.91. The molecule has 1 aromatic heterocycles. The van der Waals surface area contributed by atoms with Gasteiger partial charge in [0.25, 0.3) is 15.9 Å². The van der Waals surface area contributed by atoms with E-state index in [2.05, 4.69) is 10.0 Å². The summed E-state index contributed by atoms with van der Waals surface area (Å²) in [5.41, 5.74) is 0.214. The van der Waals surface area contributed by atoms with Crippen LogP contribution in [0.3, 0.4) is 0 Å². The summed E-state index contributed by atoms with van der Waals surface area (Å²) in [6.45, 7) is -0.677. The summed E-state index contributed by atoms with van der Waals surface area (Å²) >= 11 is 1.02. The fourth-order valence-corrected chi connectivity index (χ4v) is 4.51. The number of phenols is 1. The lowest BCUT2D eigenvalue weighted by Gasteiger charge is -2.11. The SMILES string of the molecule is N#Cc1ccccc1NC(=O)COC(=O)c1cc(NS(=O)(=O)c2cccs2)ccc1O. The van der Waals surface area contributed by atoms with E-state index in [0.29, 0.717) is 0 Å². The summed E-state index contributed by atoms with van der Waals surface area (Å²) in [5.74, 6) is -2.16. The summed E-state index contributed by atoms with van der Waals surface area (Å²) in [7, 11) is -3.85. The molecule has 3 rings (SSSR count). The number of aromatic hydroxyl groups is 1. The number of esters is 1. The van der Waals surface area contributed by atoms with Gasteiger partial charge in [0.15, 0.2) is 6.61 Å². The molecule has 3 aromatic rings. The van der Waals surface area contributed by atoms with Crippen molar-refractivity contribution in [2.45, 2.75) is 4.21 Å². The number of nitrogens with zero attached hydrogens (tertiary/aromatic N) is 1. The first kappa shape index (κ1) is 21.8. The molecule has 0 fully saturated rings. The Morgan fingerprint density at radius 3 is 2.61 bits per heavy atom. The maximum Gasteiger partial charge on any atom is 0.342 e. The monoisotopic (exact) mass is 457 g/mol. The molecule has 0 aliphatic heterocycles. The van der Waals surface area contributed by atoms with Crippen LogP contribution in [0, 0.1) is 11.3 Å². The highest BCUT2D eigenvalue weighted by Gasteiger charge is 2.19. The Labute approximate surface area is 181 Å². The number of benzene rings is 2. The van der Waals surface area contributed by atoms with Crippen LogP contribution in [0.4, 0.5) is 11.4 Å². The highest BCUT2D eigenvalue weighted by Crippen LogP contribution is 2.25. The van der Waals surface area contributed by atoms with Gasteiger partial charge in [0.05, 0.1) is 11.3 Å². The minimum atomic E-state index is -3.85. The van der Waals surface area contributed by atoms with E-state index in [1.54, 1.807) is 23.6 Å². The van der Waals surface area contributed by atoms with Crippen molar-refractivity contribution >= 4 is 44.6 Å². The summed E-state index contributed by atoms with van der Waals surface area (Å²) in [6, 6.07) is 14.7. The van der Waals surface area contributed by atoms with Gasteiger partial charge in [0.2, 0.25) is 0 Å². The van der Waals surface area contributed by atoms with Gasteiger partial charge >= 0.3 is 5.97 Å². The fourth-order valence-electron chi connectivity index (χ4n) is 2.47. The van der Waals surface area contributed by atoms with Crippen molar-refractivity contribution < 1.29 is 27.9 Å². The van der Waals surface area contributed by atoms with E-state index < -0.39 is 34.3 Å².